The highest BCUT2D eigenvalue weighted by Gasteiger charge is 2.01. The van der Waals surface area contributed by atoms with E-state index in [0.29, 0.717) is 6.42 Å². The highest BCUT2D eigenvalue weighted by Crippen LogP contribution is 2.05. The molecule has 0 saturated carbocycles. The average Bonchev–Trinajstić information content (AvgIpc) is 2.24. The lowest BCUT2D eigenvalue weighted by Crippen LogP contribution is -2.24. The predicted molar refractivity (Wildman–Crippen MR) is 70.9 cm³/mol. The zero-order valence-electron chi connectivity index (χ0n) is 10.7. The first-order valence-corrected chi connectivity index (χ1v) is 7.01. The van der Waals surface area contributed by atoms with Gasteiger partial charge in [-0.25, -0.2) is 0 Å². The summed E-state index contributed by atoms with van der Waals surface area (Å²) < 4.78 is 0. The lowest BCUT2D eigenvalue weighted by atomic mass is 10.1. The van der Waals surface area contributed by atoms with Gasteiger partial charge >= 0.3 is 0 Å². The molecule has 1 amide bonds. The maximum Gasteiger partial charge on any atom is 0.219 e. The summed E-state index contributed by atoms with van der Waals surface area (Å²) in [5.41, 5.74) is 0. The van der Waals surface area contributed by atoms with Crippen LogP contribution in [0.5, 0.6) is 0 Å². The van der Waals surface area contributed by atoms with Crippen LogP contribution in [0.15, 0.2) is 0 Å². The quantitative estimate of drug-likeness (QED) is 0.461. The highest BCUT2D eigenvalue weighted by molar-refractivity contribution is 6.20. The number of nitrogens with one attached hydrogen (secondary N) is 1. The summed E-state index contributed by atoms with van der Waals surface area (Å²) in [6.07, 6.45) is 8.63. The fraction of sp³-hybridized carbons (Fsp3) is 0.923. The summed E-state index contributed by atoms with van der Waals surface area (Å²) in [7, 11) is 0. The van der Waals surface area contributed by atoms with Gasteiger partial charge in [-0.2, -0.15) is 0 Å². The molecule has 2 nitrogen and oxygen atoms in total. The second-order valence-corrected chi connectivity index (χ2v) is 5.18. The minimum absolute atomic E-state index is 0.193. The van der Waals surface area contributed by atoms with Crippen LogP contribution in [0, 0.1) is 0 Å². The molecular weight excluding hydrogens is 222 g/mol. The monoisotopic (exact) mass is 247 g/mol. The Bertz CT molecular complexity index is 171. The molecule has 16 heavy (non-hydrogen) atoms. The van der Waals surface area contributed by atoms with E-state index in [-0.39, 0.29) is 11.3 Å². The van der Waals surface area contributed by atoms with Crippen LogP contribution in [0.4, 0.5) is 0 Å². The molecule has 0 aromatic carbocycles. The normalized spacial score (nSPS) is 12.4. The zero-order chi connectivity index (χ0) is 12.2. The Morgan fingerprint density at radius 2 is 1.88 bits per heavy atom. The maximum absolute atomic E-state index is 11.4. The van der Waals surface area contributed by atoms with Crippen LogP contribution in [0.2, 0.25) is 0 Å². The standard InChI is InChI=1S/C13H26ClNO/c1-3-4-5-6-7-10-13(16)15-11-8-9-12(2)14/h12H,3-11H2,1-2H3,(H,15,16). The van der Waals surface area contributed by atoms with Gasteiger partial charge in [-0.15, -0.1) is 11.6 Å². The molecular formula is C13H26ClNO. The number of unbranched alkanes of at least 4 members (excludes halogenated alkanes) is 4. The van der Waals surface area contributed by atoms with Gasteiger partial charge in [0.05, 0.1) is 0 Å². The molecule has 1 atom stereocenters. The third-order valence-corrected chi connectivity index (χ3v) is 2.83. The number of halogens is 1. The Morgan fingerprint density at radius 3 is 2.50 bits per heavy atom. The maximum atomic E-state index is 11.4. The minimum atomic E-state index is 0.193. The van der Waals surface area contributed by atoms with E-state index < -0.39 is 0 Å². The molecule has 0 aliphatic rings. The van der Waals surface area contributed by atoms with Crippen LogP contribution >= 0.6 is 11.6 Å². The van der Waals surface area contributed by atoms with Crippen LogP contribution in [0.3, 0.4) is 0 Å². The summed E-state index contributed by atoms with van der Waals surface area (Å²) in [6.45, 7) is 4.95. The number of alkyl halides is 1. The van der Waals surface area contributed by atoms with Crippen molar-refractivity contribution in [1.82, 2.24) is 5.32 Å². The van der Waals surface area contributed by atoms with Crippen molar-refractivity contribution in [3.05, 3.63) is 0 Å². The fourth-order valence-corrected chi connectivity index (χ4v) is 1.74. The van der Waals surface area contributed by atoms with Crippen LogP contribution in [-0.2, 0) is 4.79 Å². The summed E-state index contributed by atoms with van der Waals surface area (Å²) in [5.74, 6) is 0.193. The molecule has 0 bridgehead atoms. The van der Waals surface area contributed by atoms with Crippen LogP contribution in [0.25, 0.3) is 0 Å². The number of amides is 1. The van der Waals surface area contributed by atoms with E-state index in [4.69, 9.17) is 11.6 Å². The first-order chi connectivity index (χ1) is 7.66. The van der Waals surface area contributed by atoms with Crippen molar-refractivity contribution in [3.63, 3.8) is 0 Å². The van der Waals surface area contributed by atoms with E-state index in [1.807, 2.05) is 6.92 Å². The van der Waals surface area contributed by atoms with Crippen molar-refractivity contribution in [2.45, 2.75) is 70.6 Å². The largest absolute Gasteiger partial charge is 0.356 e. The topological polar surface area (TPSA) is 29.1 Å². The molecule has 0 saturated heterocycles. The SMILES string of the molecule is CCCCCCCC(=O)NCCCC(C)Cl. The van der Waals surface area contributed by atoms with Crippen molar-refractivity contribution in [3.8, 4) is 0 Å². The molecule has 0 spiro atoms. The van der Waals surface area contributed by atoms with E-state index >= 15 is 0 Å². The summed E-state index contributed by atoms with van der Waals surface area (Å²) >= 11 is 5.81. The first-order valence-electron chi connectivity index (χ1n) is 6.57. The average molecular weight is 248 g/mol. The second kappa shape index (κ2) is 11.3. The minimum Gasteiger partial charge on any atom is -0.356 e. The molecule has 0 aromatic rings. The van der Waals surface area contributed by atoms with Crippen LogP contribution in [-0.4, -0.2) is 17.8 Å². The summed E-state index contributed by atoms with van der Waals surface area (Å²) in [6, 6.07) is 0. The molecule has 0 fully saturated rings. The van der Waals surface area contributed by atoms with E-state index in [1.54, 1.807) is 0 Å². The Kier molecular flexibility index (Phi) is 11.1. The van der Waals surface area contributed by atoms with Crippen molar-refractivity contribution < 1.29 is 4.79 Å². The van der Waals surface area contributed by atoms with Gasteiger partial charge < -0.3 is 5.32 Å². The van der Waals surface area contributed by atoms with E-state index in [9.17, 15) is 4.79 Å². The summed E-state index contributed by atoms with van der Waals surface area (Å²) in [4.78, 5) is 11.4. The molecule has 0 radical (unpaired) electrons. The third-order valence-electron chi connectivity index (χ3n) is 2.61. The molecule has 0 heterocycles. The van der Waals surface area contributed by atoms with Gasteiger partial charge in [-0.1, -0.05) is 32.6 Å². The lowest BCUT2D eigenvalue weighted by molar-refractivity contribution is -0.121. The zero-order valence-corrected chi connectivity index (χ0v) is 11.5. The molecule has 3 heteroatoms. The Morgan fingerprint density at radius 1 is 1.19 bits per heavy atom. The smallest absolute Gasteiger partial charge is 0.219 e. The molecule has 0 aliphatic carbocycles. The first kappa shape index (κ1) is 15.8. The van der Waals surface area contributed by atoms with Gasteiger partial charge in [0.1, 0.15) is 0 Å². The van der Waals surface area contributed by atoms with Crippen molar-refractivity contribution in [1.29, 1.82) is 0 Å². The summed E-state index contributed by atoms with van der Waals surface area (Å²) in [5, 5.41) is 3.15. The number of carbonyl (C=O) groups excluding carboxylic acids is 1. The lowest BCUT2D eigenvalue weighted by Gasteiger charge is -2.06. The van der Waals surface area contributed by atoms with Gasteiger partial charge in [0.15, 0.2) is 0 Å². The third kappa shape index (κ3) is 11.8. The molecule has 0 aromatic heterocycles. The predicted octanol–water partition coefficient (Wildman–Crippen LogP) is 3.87. The van der Waals surface area contributed by atoms with E-state index in [2.05, 4.69) is 12.2 Å². The Balaban J connectivity index is 3.18. The van der Waals surface area contributed by atoms with Crippen LogP contribution < -0.4 is 5.32 Å². The van der Waals surface area contributed by atoms with Crippen molar-refractivity contribution >= 4 is 17.5 Å². The van der Waals surface area contributed by atoms with Crippen molar-refractivity contribution in [2.75, 3.05) is 6.54 Å². The molecule has 96 valence electrons. The number of hydrogen-bond donors (Lipinski definition) is 1. The van der Waals surface area contributed by atoms with E-state index in [0.717, 1.165) is 25.8 Å². The van der Waals surface area contributed by atoms with Crippen molar-refractivity contribution in [2.24, 2.45) is 0 Å². The molecule has 0 rings (SSSR count). The Labute approximate surface area is 105 Å². The van der Waals surface area contributed by atoms with Gasteiger partial charge in [0.25, 0.3) is 0 Å². The molecule has 1 N–H and O–H groups in total. The van der Waals surface area contributed by atoms with Gasteiger partial charge in [0.2, 0.25) is 5.91 Å². The number of rotatable bonds is 10. The van der Waals surface area contributed by atoms with Gasteiger partial charge in [0, 0.05) is 18.3 Å². The fourth-order valence-electron chi connectivity index (χ4n) is 1.59. The van der Waals surface area contributed by atoms with Gasteiger partial charge in [-0.05, 0) is 26.2 Å². The number of hydrogen-bond acceptors (Lipinski definition) is 1. The number of carbonyl (C=O) groups is 1. The Hall–Kier alpha value is -0.240. The van der Waals surface area contributed by atoms with Gasteiger partial charge in [-0.3, -0.25) is 4.79 Å². The molecule has 1 unspecified atom stereocenters. The van der Waals surface area contributed by atoms with Crippen LogP contribution in [0.1, 0.15) is 65.2 Å². The second-order valence-electron chi connectivity index (χ2n) is 4.44. The highest BCUT2D eigenvalue weighted by atomic mass is 35.5. The van der Waals surface area contributed by atoms with E-state index in [1.165, 1.54) is 25.7 Å². The molecule has 0 aliphatic heterocycles.